The first-order chi connectivity index (χ1) is 8.11. The fraction of sp³-hybridized carbons (Fsp3) is 0.500. The molecule has 0 spiro atoms. The molecule has 7 heteroatoms. The van der Waals surface area contributed by atoms with Crippen LogP contribution in [0.2, 0.25) is 0 Å². The maximum Gasteiger partial charge on any atom is 0.357 e. The van der Waals surface area contributed by atoms with Gasteiger partial charge in [0.15, 0.2) is 10.8 Å². The first-order valence-corrected chi connectivity index (χ1v) is 6.50. The zero-order valence-electron chi connectivity index (χ0n) is 9.18. The fourth-order valence-electron chi connectivity index (χ4n) is 1.54. The van der Waals surface area contributed by atoms with Gasteiger partial charge in [0.2, 0.25) is 5.91 Å². The van der Waals surface area contributed by atoms with Crippen molar-refractivity contribution in [3.8, 4) is 0 Å². The summed E-state index contributed by atoms with van der Waals surface area (Å²) in [5.41, 5.74) is 0.234. The quantitative estimate of drug-likeness (QED) is 0.621. The Morgan fingerprint density at radius 2 is 2.53 bits per heavy atom. The van der Waals surface area contributed by atoms with Gasteiger partial charge in [0.05, 0.1) is 12.0 Å². The number of alkyl halides is 1. The van der Waals surface area contributed by atoms with Gasteiger partial charge in [0, 0.05) is 18.3 Å². The molecular formula is C10H11ClN2O3S. The van der Waals surface area contributed by atoms with E-state index in [1.54, 1.807) is 12.3 Å². The standard InChI is InChI=1S/C10H11ClN2O3S/c1-2-16-9(15)7-5-17-10(12-7)13-4-6(11)3-8(13)14/h5-6H,2-4H2,1H3. The third-order valence-electron chi connectivity index (χ3n) is 2.29. The fourth-order valence-corrected chi connectivity index (χ4v) is 2.63. The molecular weight excluding hydrogens is 264 g/mol. The van der Waals surface area contributed by atoms with E-state index < -0.39 is 5.97 Å². The molecule has 0 radical (unpaired) electrons. The van der Waals surface area contributed by atoms with Crippen molar-refractivity contribution in [2.75, 3.05) is 18.1 Å². The zero-order valence-corrected chi connectivity index (χ0v) is 10.8. The summed E-state index contributed by atoms with van der Waals surface area (Å²) in [6.07, 6.45) is 0.315. The van der Waals surface area contributed by atoms with E-state index in [-0.39, 0.29) is 17.0 Å². The van der Waals surface area contributed by atoms with Crippen LogP contribution in [0.4, 0.5) is 5.13 Å². The van der Waals surface area contributed by atoms with E-state index in [4.69, 9.17) is 16.3 Å². The summed E-state index contributed by atoms with van der Waals surface area (Å²) in [6.45, 7) is 2.47. The highest BCUT2D eigenvalue weighted by atomic mass is 35.5. The number of halogens is 1. The van der Waals surface area contributed by atoms with Crippen LogP contribution in [0.5, 0.6) is 0 Å². The number of hydrogen-bond donors (Lipinski definition) is 0. The molecule has 1 fully saturated rings. The molecule has 2 rings (SSSR count). The highest BCUT2D eigenvalue weighted by molar-refractivity contribution is 7.14. The molecule has 0 N–H and O–H groups in total. The number of esters is 1. The molecule has 0 aliphatic carbocycles. The smallest absolute Gasteiger partial charge is 0.357 e. The maximum absolute atomic E-state index is 11.6. The van der Waals surface area contributed by atoms with Crippen LogP contribution in [0.25, 0.3) is 0 Å². The number of aromatic nitrogens is 1. The van der Waals surface area contributed by atoms with Gasteiger partial charge in [-0.15, -0.1) is 22.9 Å². The van der Waals surface area contributed by atoms with Gasteiger partial charge in [0.25, 0.3) is 0 Å². The molecule has 0 aromatic carbocycles. The highest BCUT2D eigenvalue weighted by Crippen LogP contribution is 2.27. The van der Waals surface area contributed by atoms with E-state index in [1.165, 1.54) is 16.2 Å². The zero-order chi connectivity index (χ0) is 12.4. The van der Waals surface area contributed by atoms with E-state index in [0.717, 1.165) is 0 Å². The molecule has 92 valence electrons. The van der Waals surface area contributed by atoms with Crippen LogP contribution in [0.3, 0.4) is 0 Å². The predicted molar refractivity (Wildman–Crippen MR) is 64.7 cm³/mol. The average Bonchev–Trinajstić information content (AvgIpc) is 2.85. The van der Waals surface area contributed by atoms with Crippen LogP contribution in [0.1, 0.15) is 23.8 Å². The molecule has 1 saturated heterocycles. The van der Waals surface area contributed by atoms with Crippen molar-refractivity contribution in [1.82, 2.24) is 4.98 Å². The van der Waals surface area contributed by atoms with Crippen LogP contribution in [0, 0.1) is 0 Å². The van der Waals surface area contributed by atoms with Crippen molar-refractivity contribution in [3.63, 3.8) is 0 Å². The Labute approximate surface area is 107 Å². The molecule has 2 heterocycles. The topological polar surface area (TPSA) is 59.5 Å². The lowest BCUT2D eigenvalue weighted by Crippen LogP contribution is -2.24. The molecule has 0 bridgehead atoms. The van der Waals surface area contributed by atoms with Gasteiger partial charge in [0.1, 0.15) is 0 Å². The van der Waals surface area contributed by atoms with E-state index >= 15 is 0 Å². The summed E-state index contributed by atoms with van der Waals surface area (Å²) in [6, 6.07) is 0. The Hall–Kier alpha value is -1.14. The van der Waals surface area contributed by atoms with Crippen LogP contribution in [-0.4, -0.2) is 35.4 Å². The molecule has 1 amide bonds. The minimum Gasteiger partial charge on any atom is -0.461 e. The number of thiazole rings is 1. The van der Waals surface area contributed by atoms with Gasteiger partial charge in [-0.1, -0.05) is 0 Å². The van der Waals surface area contributed by atoms with Crippen molar-refractivity contribution in [2.45, 2.75) is 18.7 Å². The van der Waals surface area contributed by atoms with Gasteiger partial charge in [-0.05, 0) is 6.92 Å². The number of ether oxygens (including phenoxy) is 1. The van der Waals surface area contributed by atoms with Crippen molar-refractivity contribution < 1.29 is 14.3 Å². The molecule has 1 aliphatic rings. The van der Waals surface area contributed by atoms with E-state index in [2.05, 4.69) is 4.98 Å². The first kappa shape index (κ1) is 12.3. The summed E-state index contributed by atoms with van der Waals surface area (Å²) in [4.78, 5) is 28.6. The second kappa shape index (κ2) is 5.01. The molecule has 17 heavy (non-hydrogen) atoms. The average molecular weight is 275 g/mol. The van der Waals surface area contributed by atoms with Crippen LogP contribution >= 0.6 is 22.9 Å². The number of nitrogens with zero attached hydrogens (tertiary/aromatic N) is 2. The number of carbonyl (C=O) groups excluding carboxylic acids is 2. The third kappa shape index (κ3) is 2.58. The van der Waals surface area contributed by atoms with Gasteiger partial charge >= 0.3 is 5.97 Å². The van der Waals surface area contributed by atoms with Gasteiger partial charge in [-0.3, -0.25) is 9.69 Å². The van der Waals surface area contributed by atoms with E-state index in [0.29, 0.717) is 24.7 Å². The minimum atomic E-state index is -0.468. The lowest BCUT2D eigenvalue weighted by molar-refractivity contribution is -0.117. The predicted octanol–water partition coefficient (Wildman–Crippen LogP) is 1.66. The summed E-state index contributed by atoms with van der Waals surface area (Å²) >= 11 is 7.13. The van der Waals surface area contributed by atoms with Gasteiger partial charge in [-0.25, -0.2) is 9.78 Å². The summed E-state index contributed by atoms with van der Waals surface area (Å²) < 4.78 is 4.83. The van der Waals surface area contributed by atoms with Crippen LogP contribution in [-0.2, 0) is 9.53 Å². The number of amides is 1. The molecule has 1 aromatic rings. The first-order valence-electron chi connectivity index (χ1n) is 5.19. The van der Waals surface area contributed by atoms with Gasteiger partial charge < -0.3 is 4.74 Å². The van der Waals surface area contributed by atoms with Crippen LogP contribution in [0.15, 0.2) is 5.38 Å². The second-order valence-electron chi connectivity index (χ2n) is 3.54. The molecule has 1 aliphatic heterocycles. The second-order valence-corrected chi connectivity index (χ2v) is 5.00. The van der Waals surface area contributed by atoms with Crippen molar-refractivity contribution >= 4 is 39.9 Å². The molecule has 5 nitrogen and oxygen atoms in total. The highest BCUT2D eigenvalue weighted by Gasteiger charge is 2.31. The largest absolute Gasteiger partial charge is 0.461 e. The number of carbonyl (C=O) groups is 2. The normalized spacial score (nSPS) is 19.8. The minimum absolute atomic E-state index is 0.0604. The lowest BCUT2D eigenvalue weighted by Gasteiger charge is -2.10. The Balaban J connectivity index is 2.13. The molecule has 1 aromatic heterocycles. The summed E-state index contributed by atoms with van der Waals surface area (Å²) in [5, 5.41) is 1.90. The van der Waals surface area contributed by atoms with Crippen molar-refractivity contribution in [1.29, 1.82) is 0 Å². The number of anilines is 1. The van der Waals surface area contributed by atoms with Crippen molar-refractivity contribution in [2.24, 2.45) is 0 Å². The summed E-state index contributed by atoms with van der Waals surface area (Å²) in [7, 11) is 0. The Morgan fingerprint density at radius 3 is 3.12 bits per heavy atom. The molecule has 1 unspecified atom stereocenters. The Morgan fingerprint density at radius 1 is 1.76 bits per heavy atom. The van der Waals surface area contributed by atoms with E-state index in [9.17, 15) is 9.59 Å². The van der Waals surface area contributed by atoms with Crippen LogP contribution < -0.4 is 4.90 Å². The molecule has 1 atom stereocenters. The number of rotatable bonds is 3. The SMILES string of the molecule is CCOC(=O)c1csc(N2CC(Cl)CC2=O)n1. The Bertz CT molecular complexity index is 449. The molecule has 0 saturated carbocycles. The third-order valence-corrected chi connectivity index (χ3v) is 3.44. The number of hydrogen-bond acceptors (Lipinski definition) is 5. The Kier molecular flexibility index (Phi) is 3.63. The monoisotopic (exact) mass is 274 g/mol. The maximum atomic E-state index is 11.6. The van der Waals surface area contributed by atoms with Crippen molar-refractivity contribution in [3.05, 3.63) is 11.1 Å². The lowest BCUT2D eigenvalue weighted by atomic mass is 10.4. The van der Waals surface area contributed by atoms with E-state index in [1.807, 2.05) is 0 Å². The summed E-state index contributed by atoms with van der Waals surface area (Å²) in [5.74, 6) is -0.529. The van der Waals surface area contributed by atoms with Gasteiger partial charge in [-0.2, -0.15) is 0 Å².